The van der Waals surface area contributed by atoms with E-state index in [-0.39, 0.29) is 53.0 Å². The number of hydrogen-bond acceptors (Lipinski definition) is 5. The molecule has 0 aromatic heterocycles. The van der Waals surface area contributed by atoms with E-state index in [1.54, 1.807) is 0 Å². The molecule has 1 unspecified atom stereocenters. The molecule has 0 aliphatic heterocycles. The maximum absolute atomic E-state index is 12.6. The van der Waals surface area contributed by atoms with Crippen molar-refractivity contribution >= 4 is 15.9 Å². The number of rotatable bonds is 7. The molecule has 200 valence electrons. The highest BCUT2D eigenvalue weighted by Crippen LogP contribution is 2.69. The van der Waals surface area contributed by atoms with E-state index in [4.69, 9.17) is 0 Å². The number of fused-ring (bicyclic) bond motifs is 5. The van der Waals surface area contributed by atoms with Crippen LogP contribution in [-0.2, 0) is 14.8 Å². The number of hydrogen-bond donors (Lipinski definition) is 3. The van der Waals surface area contributed by atoms with Gasteiger partial charge in [-0.25, -0.2) is 8.42 Å². The van der Waals surface area contributed by atoms with Gasteiger partial charge in [-0.3, -0.25) is 9.52 Å². The number of carbonyl (C=O) groups is 1. The molecule has 4 aliphatic carbocycles. The Morgan fingerprint density at radius 3 is 2.40 bits per heavy atom. The van der Waals surface area contributed by atoms with Gasteiger partial charge in [0.15, 0.2) is 0 Å². The van der Waals surface area contributed by atoms with Crippen LogP contribution in [-0.4, -0.2) is 42.5 Å². The van der Waals surface area contributed by atoms with Gasteiger partial charge in [-0.05, 0) is 97.2 Å². The van der Waals surface area contributed by atoms with Crippen LogP contribution in [0.2, 0.25) is 0 Å². The molecule has 0 aromatic carbocycles. The topological polar surface area (TPSA) is 104 Å². The Morgan fingerprint density at radius 2 is 1.74 bits per heavy atom. The van der Waals surface area contributed by atoms with Gasteiger partial charge in [0.1, 0.15) is 0 Å². The monoisotopic (exact) mass is 509 g/mol. The first-order chi connectivity index (χ1) is 16.4. The van der Waals surface area contributed by atoms with Crippen LogP contribution < -0.4 is 4.72 Å². The summed E-state index contributed by atoms with van der Waals surface area (Å²) in [6, 6.07) is 0. The van der Waals surface area contributed by atoms with Crippen LogP contribution in [0.15, 0.2) is 12.7 Å². The first-order valence-electron chi connectivity index (χ1n) is 13.9. The first kappa shape index (κ1) is 27.1. The molecule has 4 rings (SSSR count). The molecule has 35 heavy (non-hydrogen) atoms. The fourth-order valence-corrected chi connectivity index (χ4v) is 10.6. The fraction of sp³-hybridized carbons (Fsp3) is 0.893. The molecule has 0 saturated heterocycles. The number of aliphatic hydroxyl groups is 2. The Labute approximate surface area is 212 Å². The zero-order valence-corrected chi connectivity index (χ0v) is 22.9. The average molecular weight is 510 g/mol. The lowest BCUT2D eigenvalue weighted by atomic mass is 9.41. The molecule has 0 aromatic rings. The molecular formula is C28H47NO5S. The van der Waals surface area contributed by atoms with Crippen molar-refractivity contribution in [2.45, 2.75) is 97.7 Å². The zero-order valence-electron chi connectivity index (χ0n) is 22.1. The third-order valence-electron chi connectivity index (χ3n) is 11.3. The molecule has 0 bridgehead atoms. The summed E-state index contributed by atoms with van der Waals surface area (Å²) < 4.78 is 26.2. The molecular weight excluding hydrogens is 462 g/mol. The van der Waals surface area contributed by atoms with Crippen molar-refractivity contribution in [3.8, 4) is 0 Å². The van der Waals surface area contributed by atoms with Crippen molar-refractivity contribution in [3.63, 3.8) is 0 Å². The Morgan fingerprint density at radius 1 is 1.09 bits per heavy atom. The average Bonchev–Trinajstić information content (AvgIpc) is 3.12. The van der Waals surface area contributed by atoms with Gasteiger partial charge in [0, 0.05) is 6.42 Å². The Bertz CT molecular complexity index is 920. The van der Waals surface area contributed by atoms with Crippen molar-refractivity contribution in [1.82, 2.24) is 4.72 Å². The molecule has 0 spiro atoms. The van der Waals surface area contributed by atoms with Gasteiger partial charge in [0.25, 0.3) is 0 Å². The second-order valence-corrected chi connectivity index (χ2v) is 14.7. The van der Waals surface area contributed by atoms with Crippen LogP contribution >= 0.6 is 0 Å². The van der Waals surface area contributed by atoms with E-state index in [1.807, 2.05) is 0 Å². The normalized spacial score (nSPS) is 46.1. The highest BCUT2D eigenvalue weighted by atomic mass is 32.2. The molecule has 4 fully saturated rings. The lowest BCUT2D eigenvalue weighted by molar-refractivity contribution is -0.203. The van der Waals surface area contributed by atoms with E-state index in [0.29, 0.717) is 23.7 Å². The van der Waals surface area contributed by atoms with E-state index >= 15 is 0 Å². The molecule has 6 nitrogen and oxygen atoms in total. The van der Waals surface area contributed by atoms with E-state index in [1.165, 1.54) is 6.08 Å². The van der Waals surface area contributed by atoms with Crippen molar-refractivity contribution < 1.29 is 23.4 Å². The van der Waals surface area contributed by atoms with Crippen molar-refractivity contribution in [2.75, 3.05) is 5.75 Å². The highest BCUT2D eigenvalue weighted by molar-refractivity contribution is 7.90. The van der Waals surface area contributed by atoms with Gasteiger partial charge in [-0.2, -0.15) is 0 Å². The first-order valence-corrected chi connectivity index (χ1v) is 15.5. The summed E-state index contributed by atoms with van der Waals surface area (Å²) in [4.78, 5) is 12.6. The Hall–Kier alpha value is -0.920. The zero-order chi connectivity index (χ0) is 25.8. The van der Waals surface area contributed by atoms with Crippen LogP contribution in [0.25, 0.3) is 0 Å². The highest BCUT2D eigenvalue weighted by Gasteiger charge is 2.64. The number of sulfonamides is 1. The quantitative estimate of drug-likeness (QED) is 0.445. The van der Waals surface area contributed by atoms with E-state index in [2.05, 4.69) is 39.0 Å². The van der Waals surface area contributed by atoms with Crippen LogP contribution in [0, 0.1) is 52.3 Å². The molecule has 7 heteroatoms. The van der Waals surface area contributed by atoms with Crippen molar-refractivity contribution in [1.29, 1.82) is 0 Å². The summed E-state index contributed by atoms with van der Waals surface area (Å²) in [6.45, 7) is 12.6. The number of amides is 1. The van der Waals surface area contributed by atoms with Crippen LogP contribution in [0.3, 0.4) is 0 Å². The second kappa shape index (κ2) is 9.75. The van der Waals surface area contributed by atoms with E-state index in [0.717, 1.165) is 51.4 Å². The number of nitrogens with one attached hydrogen (secondary N) is 1. The standard InChI is InChI=1S/C28H47NO5S/c1-6-14-35(33,34)29-24(31)15-17(3)20-8-9-21-25-22(11-13-27(20,21)4)28(5)12-10-18(30)16-23(28)19(7-2)26(25)32/h6,17-23,25-26,30,32H,1,7-16H2,2-5H3,(H,29,31)/t17?,18-,19-,20-,21+,22+,23+,25+,26-,27-,28-/m1/s1. The SMILES string of the molecule is C=CCS(=O)(=O)NC(=O)CC(C)[C@H]1CC[C@H]2[C@@H]3[C@H](O)[C@H](CC)[C@@H]4C[C@H](O)CC[C@]4(C)[C@H]3CC[C@]12C. The molecule has 0 heterocycles. The van der Waals surface area contributed by atoms with Gasteiger partial charge in [0.05, 0.1) is 18.0 Å². The maximum atomic E-state index is 12.6. The minimum Gasteiger partial charge on any atom is -0.393 e. The predicted octanol–water partition coefficient (Wildman–Crippen LogP) is 4.27. The smallest absolute Gasteiger partial charge is 0.238 e. The summed E-state index contributed by atoms with van der Waals surface area (Å²) in [6.07, 6.45) is 8.89. The molecule has 0 radical (unpaired) electrons. The van der Waals surface area contributed by atoms with Gasteiger partial charge in [-0.15, -0.1) is 6.58 Å². The van der Waals surface area contributed by atoms with Crippen molar-refractivity contribution in [3.05, 3.63) is 12.7 Å². The van der Waals surface area contributed by atoms with Crippen LogP contribution in [0.1, 0.15) is 85.5 Å². The molecule has 1 amide bonds. The fourth-order valence-electron chi connectivity index (χ4n) is 9.78. The van der Waals surface area contributed by atoms with Crippen LogP contribution in [0.5, 0.6) is 0 Å². The van der Waals surface area contributed by atoms with Gasteiger partial charge < -0.3 is 10.2 Å². The summed E-state index contributed by atoms with van der Waals surface area (Å²) in [5, 5.41) is 22.3. The maximum Gasteiger partial charge on any atom is 0.238 e. The van der Waals surface area contributed by atoms with Gasteiger partial charge in [-0.1, -0.05) is 40.2 Å². The molecule has 4 aliphatic rings. The van der Waals surface area contributed by atoms with Crippen molar-refractivity contribution in [2.24, 2.45) is 52.3 Å². The second-order valence-electron chi connectivity index (χ2n) is 12.9. The third-order valence-corrected chi connectivity index (χ3v) is 12.5. The third kappa shape index (κ3) is 4.63. The van der Waals surface area contributed by atoms with Gasteiger partial charge >= 0.3 is 0 Å². The van der Waals surface area contributed by atoms with E-state index in [9.17, 15) is 23.4 Å². The van der Waals surface area contributed by atoms with Crippen LogP contribution in [0.4, 0.5) is 0 Å². The summed E-state index contributed by atoms with van der Waals surface area (Å²) in [5.41, 5.74) is 0.228. The lowest BCUT2D eigenvalue weighted by Gasteiger charge is -2.64. The van der Waals surface area contributed by atoms with Gasteiger partial charge in [0.2, 0.25) is 15.9 Å². The summed E-state index contributed by atoms with van der Waals surface area (Å²) in [5.74, 6) is 1.53. The number of carbonyl (C=O) groups excluding carboxylic acids is 1. The minimum atomic E-state index is -3.66. The number of aliphatic hydroxyl groups excluding tert-OH is 2. The minimum absolute atomic E-state index is 0.0531. The lowest BCUT2D eigenvalue weighted by Crippen LogP contribution is -2.62. The molecule has 11 atom stereocenters. The molecule has 3 N–H and O–H groups in total. The Balaban J connectivity index is 1.54. The van der Waals surface area contributed by atoms with E-state index < -0.39 is 15.9 Å². The molecule has 4 saturated carbocycles. The Kier molecular flexibility index (Phi) is 7.56. The predicted molar refractivity (Wildman–Crippen MR) is 138 cm³/mol. The summed E-state index contributed by atoms with van der Waals surface area (Å²) >= 11 is 0. The summed E-state index contributed by atoms with van der Waals surface area (Å²) in [7, 11) is -3.66. The largest absolute Gasteiger partial charge is 0.393 e.